The smallest absolute Gasteiger partial charge is 0.310 e. The second-order valence-corrected chi connectivity index (χ2v) is 5.39. The van der Waals surface area contributed by atoms with E-state index in [1.165, 1.54) is 0 Å². The third-order valence-corrected chi connectivity index (χ3v) is 3.39. The highest BCUT2D eigenvalue weighted by Gasteiger charge is 2.06. The van der Waals surface area contributed by atoms with E-state index in [0.717, 1.165) is 18.6 Å². The van der Waals surface area contributed by atoms with Gasteiger partial charge in [0.15, 0.2) is 0 Å². The van der Waals surface area contributed by atoms with Crippen LogP contribution in [0.5, 0.6) is 11.5 Å². The van der Waals surface area contributed by atoms with Crippen LogP contribution in [-0.4, -0.2) is 17.4 Å². The van der Waals surface area contributed by atoms with Gasteiger partial charge in [0, 0.05) is 23.7 Å². The van der Waals surface area contributed by atoms with Gasteiger partial charge in [-0.1, -0.05) is 25.1 Å². The molecular weight excluding hydrogens is 320 g/mol. The zero-order chi connectivity index (χ0) is 18.1. The summed E-state index contributed by atoms with van der Waals surface area (Å²) in [4.78, 5) is 11.8. The van der Waals surface area contributed by atoms with Gasteiger partial charge in [0.25, 0.3) is 0 Å². The summed E-state index contributed by atoms with van der Waals surface area (Å²) in [6, 6.07) is 13.3. The Hall–Kier alpha value is -2.89. The molecule has 0 amide bonds. The summed E-state index contributed by atoms with van der Waals surface area (Å²) < 4.78 is 10.6. The molecule has 0 aliphatic heterocycles. The molecule has 0 radical (unpaired) electrons. The molecule has 0 saturated carbocycles. The minimum atomic E-state index is -0.309. The van der Waals surface area contributed by atoms with Crippen molar-refractivity contribution in [2.24, 2.45) is 5.11 Å². The predicted molar refractivity (Wildman–Crippen MR) is 94.6 cm³/mol. The fourth-order valence-corrected chi connectivity index (χ4v) is 1.95. The van der Waals surface area contributed by atoms with Gasteiger partial charge < -0.3 is 14.7 Å². The van der Waals surface area contributed by atoms with Gasteiger partial charge in [-0.25, -0.2) is 0 Å². The van der Waals surface area contributed by atoms with Crippen LogP contribution in [0.1, 0.15) is 33.1 Å². The maximum atomic E-state index is 12.1. The highest BCUT2D eigenvalue weighted by atomic mass is 16.5. The van der Waals surface area contributed by atoms with Crippen LogP contribution >= 0.6 is 0 Å². The van der Waals surface area contributed by atoms with Crippen LogP contribution in [0.15, 0.2) is 53.6 Å². The van der Waals surface area contributed by atoms with Crippen molar-refractivity contribution in [2.45, 2.75) is 33.1 Å². The third-order valence-electron chi connectivity index (χ3n) is 3.39. The summed E-state index contributed by atoms with van der Waals surface area (Å²) in [6.45, 7) is 4.49. The first kappa shape index (κ1) is 18.4. The van der Waals surface area contributed by atoms with Crippen molar-refractivity contribution in [3.63, 3.8) is 0 Å². The van der Waals surface area contributed by atoms with Crippen LogP contribution in [0.25, 0.3) is 0 Å². The number of benzene rings is 2. The van der Waals surface area contributed by atoms with Crippen LogP contribution in [0.2, 0.25) is 0 Å². The van der Waals surface area contributed by atoms with E-state index in [1.807, 2.05) is 0 Å². The summed E-state index contributed by atoms with van der Waals surface area (Å²) >= 11 is 0. The number of carbonyl (C=O) groups is 1. The van der Waals surface area contributed by atoms with Gasteiger partial charge in [0.05, 0.1) is 6.61 Å². The molecule has 2 aromatic rings. The van der Waals surface area contributed by atoms with Crippen LogP contribution in [0, 0.1) is 5.21 Å². The monoisotopic (exact) mass is 342 g/mol. The van der Waals surface area contributed by atoms with E-state index in [0.29, 0.717) is 35.0 Å². The van der Waals surface area contributed by atoms with E-state index in [4.69, 9.17) is 9.47 Å². The maximum absolute atomic E-state index is 12.1. The number of azo groups is 1. The first-order valence-electron chi connectivity index (χ1n) is 8.35. The molecule has 6 nitrogen and oxygen atoms in total. The molecule has 0 saturated heterocycles. The molecule has 0 heterocycles. The highest BCUT2D eigenvalue weighted by molar-refractivity contribution is 5.72. The Morgan fingerprint density at radius 2 is 1.68 bits per heavy atom. The number of hydrogen-bond acceptors (Lipinski definition) is 5. The quantitative estimate of drug-likeness (QED) is 0.167. The zero-order valence-corrected chi connectivity index (χ0v) is 14.5. The molecule has 0 fully saturated rings. The summed E-state index contributed by atoms with van der Waals surface area (Å²) in [5.74, 6) is 0.848. The van der Waals surface area contributed by atoms with Gasteiger partial charge in [-0.05, 0) is 42.8 Å². The van der Waals surface area contributed by atoms with Crippen LogP contribution in [0.3, 0.4) is 0 Å². The number of carbonyl (C=O) groups excluding carboxylic acids is 1. The lowest BCUT2D eigenvalue weighted by molar-refractivity contribution is -0.435. The fraction of sp³-hybridized carbons (Fsp3) is 0.316. The number of esters is 1. The van der Waals surface area contributed by atoms with Gasteiger partial charge in [-0.2, -0.15) is 0 Å². The Morgan fingerprint density at radius 1 is 1.04 bits per heavy atom. The SMILES string of the molecule is CCCCOc1ccc([N+]([O-])=Nc2ccc(OC(=O)CC)cc2)cc1. The number of unbranched alkanes of at least 4 members (excludes halogenated alkanes) is 1. The molecule has 132 valence electrons. The lowest BCUT2D eigenvalue weighted by Gasteiger charge is -2.05. The average molecular weight is 342 g/mol. The molecule has 0 spiro atoms. The van der Waals surface area contributed by atoms with E-state index in [1.54, 1.807) is 55.5 Å². The Kier molecular flexibility index (Phi) is 6.95. The fourth-order valence-electron chi connectivity index (χ4n) is 1.95. The van der Waals surface area contributed by atoms with Crippen LogP contribution in [0.4, 0.5) is 11.4 Å². The van der Waals surface area contributed by atoms with Crippen LogP contribution in [-0.2, 0) is 4.79 Å². The minimum absolute atomic E-state index is 0.304. The Balaban J connectivity index is 2.01. The molecule has 25 heavy (non-hydrogen) atoms. The lowest BCUT2D eigenvalue weighted by Crippen LogP contribution is -2.04. The molecule has 0 N–H and O–H groups in total. The molecule has 0 atom stereocenters. The van der Waals surface area contributed by atoms with E-state index >= 15 is 0 Å². The van der Waals surface area contributed by atoms with Gasteiger partial charge in [-0.15, -0.1) is 0 Å². The number of hydrogen-bond donors (Lipinski definition) is 0. The van der Waals surface area contributed by atoms with Gasteiger partial charge in [0.2, 0.25) is 5.69 Å². The Morgan fingerprint density at radius 3 is 2.28 bits per heavy atom. The topological polar surface area (TPSA) is 74.0 Å². The van der Waals surface area contributed by atoms with Gasteiger partial charge in [0.1, 0.15) is 17.2 Å². The molecule has 0 aromatic heterocycles. The van der Waals surface area contributed by atoms with Crippen molar-refractivity contribution >= 4 is 17.3 Å². The lowest BCUT2D eigenvalue weighted by atomic mass is 10.3. The largest absolute Gasteiger partial charge is 0.594 e. The first-order valence-corrected chi connectivity index (χ1v) is 8.35. The van der Waals surface area contributed by atoms with E-state index in [9.17, 15) is 10.0 Å². The number of rotatable bonds is 8. The van der Waals surface area contributed by atoms with Crippen molar-refractivity contribution in [3.8, 4) is 11.5 Å². The van der Waals surface area contributed by atoms with E-state index < -0.39 is 0 Å². The summed E-state index contributed by atoms with van der Waals surface area (Å²) in [7, 11) is 0. The van der Waals surface area contributed by atoms with Crippen molar-refractivity contribution in [3.05, 3.63) is 53.7 Å². The Bertz CT molecular complexity index is 709. The second kappa shape index (κ2) is 9.42. The summed E-state index contributed by atoms with van der Waals surface area (Å²) in [6.07, 6.45) is 2.37. The van der Waals surface area contributed by atoms with Crippen molar-refractivity contribution < 1.29 is 19.1 Å². The molecule has 2 aromatic carbocycles. The molecule has 6 heteroatoms. The van der Waals surface area contributed by atoms with E-state index in [-0.39, 0.29) is 5.97 Å². The molecule has 0 aliphatic carbocycles. The third kappa shape index (κ3) is 5.91. The summed E-state index contributed by atoms with van der Waals surface area (Å²) in [5, 5.41) is 16.1. The molecule has 2 rings (SSSR count). The average Bonchev–Trinajstić information content (AvgIpc) is 2.64. The molecule has 0 aliphatic rings. The van der Waals surface area contributed by atoms with Crippen molar-refractivity contribution in [1.82, 2.24) is 0 Å². The molecule has 0 bridgehead atoms. The van der Waals surface area contributed by atoms with Gasteiger partial charge >= 0.3 is 5.97 Å². The van der Waals surface area contributed by atoms with Crippen molar-refractivity contribution in [2.75, 3.05) is 6.61 Å². The normalized spacial score (nSPS) is 11.2. The second-order valence-electron chi connectivity index (χ2n) is 5.39. The summed E-state index contributed by atoms with van der Waals surface area (Å²) in [5.41, 5.74) is 0.874. The van der Waals surface area contributed by atoms with Crippen molar-refractivity contribution in [1.29, 1.82) is 0 Å². The number of ether oxygens (including phenoxy) is 2. The first-order chi connectivity index (χ1) is 12.1. The predicted octanol–water partition coefficient (Wildman–Crippen LogP) is 5.11. The number of nitrogens with zero attached hydrogens (tertiary/aromatic N) is 2. The standard InChI is InChI=1S/C19H22N2O4/c1-3-5-14-24-17-12-8-16(9-13-17)21(23)20-15-6-10-18(11-7-15)25-19(22)4-2/h6-13H,3-5,14H2,1-2H3. The molecular formula is C19H22N2O4. The van der Waals surface area contributed by atoms with Crippen LogP contribution < -0.4 is 9.47 Å². The van der Waals surface area contributed by atoms with E-state index in [2.05, 4.69) is 12.0 Å². The highest BCUT2D eigenvalue weighted by Crippen LogP contribution is 2.23. The molecule has 0 unspecified atom stereocenters. The maximum Gasteiger partial charge on any atom is 0.310 e. The minimum Gasteiger partial charge on any atom is -0.594 e. The Labute approximate surface area is 147 Å². The van der Waals surface area contributed by atoms with Gasteiger partial charge in [-0.3, -0.25) is 4.79 Å². The zero-order valence-electron chi connectivity index (χ0n) is 14.5.